The summed E-state index contributed by atoms with van der Waals surface area (Å²) in [6, 6.07) is 5.42. The predicted molar refractivity (Wildman–Crippen MR) is 86.9 cm³/mol. The van der Waals surface area contributed by atoms with Crippen LogP contribution in [-0.2, 0) is 13.5 Å². The lowest BCUT2D eigenvalue weighted by molar-refractivity contribution is 0.505. The number of hydrogen-bond acceptors (Lipinski definition) is 2. The number of aryl methyl sites for hydroxylation is 2. The highest BCUT2D eigenvalue weighted by molar-refractivity contribution is 9.10. The SMILES string of the molecule is CNC(CCc1c(C)nn(C)c1C)c1cccc(Br)c1F. The maximum atomic E-state index is 14.2. The lowest BCUT2D eigenvalue weighted by Gasteiger charge is -2.18. The minimum atomic E-state index is -0.184. The van der Waals surface area contributed by atoms with Crippen molar-refractivity contribution >= 4 is 15.9 Å². The van der Waals surface area contributed by atoms with E-state index in [1.54, 1.807) is 6.07 Å². The van der Waals surface area contributed by atoms with E-state index in [0.717, 1.165) is 18.5 Å². The second-order valence-electron chi connectivity index (χ2n) is 5.30. The fraction of sp³-hybridized carbons (Fsp3) is 0.438. The van der Waals surface area contributed by atoms with Gasteiger partial charge in [-0.3, -0.25) is 4.68 Å². The van der Waals surface area contributed by atoms with Crippen molar-refractivity contribution in [3.05, 3.63) is 51.0 Å². The van der Waals surface area contributed by atoms with Crippen LogP contribution in [0.5, 0.6) is 0 Å². The first-order valence-electron chi connectivity index (χ1n) is 7.06. The van der Waals surface area contributed by atoms with Gasteiger partial charge in [0.2, 0.25) is 0 Å². The van der Waals surface area contributed by atoms with Gasteiger partial charge in [-0.2, -0.15) is 5.10 Å². The number of rotatable bonds is 5. The van der Waals surface area contributed by atoms with Crippen LogP contribution >= 0.6 is 15.9 Å². The first-order valence-corrected chi connectivity index (χ1v) is 7.85. The largest absolute Gasteiger partial charge is 0.313 e. The quantitative estimate of drug-likeness (QED) is 0.884. The Kier molecular flexibility index (Phi) is 5.17. The van der Waals surface area contributed by atoms with E-state index >= 15 is 0 Å². The molecule has 21 heavy (non-hydrogen) atoms. The maximum Gasteiger partial charge on any atom is 0.142 e. The molecule has 0 aliphatic carbocycles. The zero-order chi connectivity index (χ0) is 15.6. The maximum absolute atomic E-state index is 14.2. The van der Waals surface area contributed by atoms with E-state index in [9.17, 15) is 4.39 Å². The van der Waals surface area contributed by atoms with E-state index in [0.29, 0.717) is 10.0 Å². The fourth-order valence-electron chi connectivity index (χ4n) is 2.71. The summed E-state index contributed by atoms with van der Waals surface area (Å²) in [4.78, 5) is 0. The molecule has 0 saturated heterocycles. The van der Waals surface area contributed by atoms with Crippen molar-refractivity contribution in [3.63, 3.8) is 0 Å². The van der Waals surface area contributed by atoms with E-state index in [4.69, 9.17) is 0 Å². The average molecular weight is 354 g/mol. The zero-order valence-corrected chi connectivity index (χ0v) is 14.5. The van der Waals surface area contributed by atoms with Gasteiger partial charge in [0.1, 0.15) is 5.82 Å². The highest BCUT2D eigenvalue weighted by Crippen LogP contribution is 2.27. The lowest BCUT2D eigenvalue weighted by Crippen LogP contribution is -2.18. The first-order chi connectivity index (χ1) is 9.95. The molecule has 1 atom stereocenters. The molecular weight excluding hydrogens is 333 g/mol. The van der Waals surface area contributed by atoms with Crippen LogP contribution in [0.2, 0.25) is 0 Å². The Bertz CT molecular complexity index is 637. The van der Waals surface area contributed by atoms with Gasteiger partial charge in [0.05, 0.1) is 10.2 Å². The van der Waals surface area contributed by atoms with Crippen LogP contribution in [0.3, 0.4) is 0 Å². The van der Waals surface area contributed by atoms with Gasteiger partial charge < -0.3 is 5.32 Å². The Morgan fingerprint density at radius 1 is 1.38 bits per heavy atom. The van der Waals surface area contributed by atoms with Crippen molar-refractivity contribution in [2.24, 2.45) is 7.05 Å². The summed E-state index contributed by atoms with van der Waals surface area (Å²) in [6.07, 6.45) is 1.71. The lowest BCUT2D eigenvalue weighted by atomic mass is 9.98. The van der Waals surface area contributed by atoms with Crippen LogP contribution in [0, 0.1) is 19.7 Å². The molecule has 1 heterocycles. The third-order valence-corrected chi connectivity index (χ3v) is 4.66. The molecule has 0 amide bonds. The third-order valence-electron chi connectivity index (χ3n) is 4.05. The highest BCUT2D eigenvalue weighted by Gasteiger charge is 2.17. The number of halogens is 2. The summed E-state index contributed by atoms with van der Waals surface area (Å²) in [5, 5.41) is 7.65. The van der Waals surface area contributed by atoms with Gasteiger partial charge >= 0.3 is 0 Å². The normalized spacial score (nSPS) is 12.7. The monoisotopic (exact) mass is 353 g/mol. The molecule has 0 fully saturated rings. The molecule has 0 radical (unpaired) electrons. The highest BCUT2D eigenvalue weighted by atomic mass is 79.9. The molecular formula is C16H21BrFN3. The minimum absolute atomic E-state index is 0.0125. The summed E-state index contributed by atoms with van der Waals surface area (Å²) in [5.41, 5.74) is 4.19. The summed E-state index contributed by atoms with van der Waals surface area (Å²) in [5.74, 6) is -0.184. The molecule has 0 bridgehead atoms. The summed E-state index contributed by atoms with van der Waals surface area (Å²) in [6.45, 7) is 4.10. The van der Waals surface area contributed by atoms with Gasteiger partial charge in [0, 0.05) is 24.3 Å². The number of benzene rings is 1. The van der Waals surface area contributed by atoms with Gasteiger partial charge in [0.25, 0.3) is 0 Å². The standard InChI is InChI=1S/C16H21BrFN3/c1-10-12(11(2)21(4)20-10)8-9-15(19-3)13-6-5-7-14(17)16(13)18/h5-7,15,19H,8-9H2,1-4H3. The van der Waals surface area contributed by atoms with Crippen molar-refractivity contribution < 1.29 is 4.39 Å². The van der Waals surface area contributed by atoms with E-state index < -0.39 is 0 Å². The average Bonchev–Trinajstić information content (AvgIpc) is 2.69. The molecule has 2 aromatic rings. The fourth-order valence-corrected chi connectivity index (χ4v) is 3.09. The van der Waals surface area contributed by atoms with E-state index in [1.807, 2.05) is 37.8 Å². The predicted octanol–water partition coefficient (Wildman–Crippen LogP) is 3.83. The third kappa shape index (κ3) is 3.35. The summed E-state index contributed by atoms with van der Waals surface area (Å²) in [7, 11) is 3.82. The molecule has 1 unspecified atom stereocenters. The molecule has 0 aliphatic rings. The van der Waals surface area contributed by atoms with Gasteiger partial charge in [-0.05, 0) is 61.3 Å². The van der Waals surface area contributed by atoms with Crippen LogP contribution in [0.25, 0.3) is 0 Å². The van der Waals surface area contributed by atoms with Crippen LogP contribution in [0.1, 0.15) is 35.0 Å². The van der Waals surface area contributed by atoms with Crippen LogP contribution in [-0.4, -0.2) is 16.8 Å². The van der Waals surface area contributed by atoms with Gasteiger partial charge in [0.15, 0.2) is 0 Å². The van der Waals surface area contributed by atoms with Crippen molar-refractivity contribution in [2.45, 2.75) is 32.7 Å². The Balaban J connectivity index is 2.18. The number of nitrogens with zero attached hydrogens (tertiary/aromatic N) is 2. The van der Waals surface area contributed by atoms with Crippen molar-refractivity contribution in [3.8, 4) is 0 Å². The number of nitrogens with one attached hydrogen (secondary N) is 1. The minimum Gasteiger partial charge on any atom is -0.313 e. The Hall–Kier alpha value is -1.20. The van der Waals surface area contributed by atoms with Crippen LogP contribution in [0.15, 0.2) is 22.7 Å². The van der Waals surface area contributed by atoms with Gasteiger partial charge in [-0.1, -0.05) is 12.1 Å². The molecule has 2 rings (SSSR count). The van der Waals surface area contributed by atoms with Crippen LogP contribution in [0.4, 0.5) is 4.39 Å². The van der Waals surface area contributed by atoms with Crippen LogP contribution < -0.4 is 5.32 Å². The Labute approximate surface area is 133 Å². The van der Waals surface area contributed by atoms with Crippen molar-refractivity contribution in [1.82, 2.24) is 15.1 Å². The van der Waals surface area contributed by atoms with Gasteiger partial charge in [-0.15, -0.1) is 0 Å². The van der Waals surface area contributed by atoms with E-state index in [2.05, 4.69) is 33.3 Å². The topological polar surface area (TPSA) is 29.9 Å². The summed E-state index contributed by atoms with van der Waals surface area (Å²) >= 11 is 3.25. The smallest absolute Gasteiger partial charge is 0.142 e. The second-order valence-corrected chi connectivity index (χ2v) is 6.15. The summed E-state index contributed by atoms with van der Waals surface area (Å²) < 4.78 is 16.6. The first kappa shape index (κ1) is 16.2. The Morgan fingerprint density at radius 2 is 2.10 bits per heavy atom. The molecule has 0 saturated carbocycles. The Morgan fingerprint density at radius 3 is 2.67 bits per heavy atom. The second kappa shape index (κ2) is 6.71. The van der Waals surface area contributed by atoms with Gasteiger partial charge in [-0.25, -0.2) is 4.39 Å². The molecule has 5 heteroatoms. The molecule has 3 nitrogen and oxygen atoms in total. The molecule has 1 N–H and O–H groups in total. The molecule has 114 valence electrons. The van der Waals surface area contributed by atoms with Crippen molar-refractivity contribution in [2.75, 3.05) is 7.05 Å². The van der Waals surface area contributed by atoms with Crippen molar-refractivity contribution in [1.29, 1.82) is 0 Å². The molecule has 0 aliphatic heterocycles. The molecule has 0 spiro atoms. The number of aromatic nitrogens is 2. The van der Waals surface area contributed by atoms with E-state index in [1.165, 1.54) is 11.3 Å². The van der Waals surface area contributed by atoms with E-state index in [-0.39, 0.29) is 11.9 Å². The number of hydrogen-bond donors (Lipinski definition) is 1. The zero-order valence-electron chi connectivity index (χ0n) is 12.9. The molecule has 1 aromatic heterocycles. The molecule has 1 aromatic carbocycles.